The molecule has 0 radical (unpaired) electrons. The summed E-state index contributed by atoms with van der Waals surface area (Å²) in [4.78, 5) is 0. The second-order valence-corrected chi connectivity index (χ2v) is 6.79. The van der Waals surface area contributed by atoms with Gasteiger partial charge in [0.25, 0.3) is 0 Å². The second kappa shape index (κ2) is 4.51. The molecule has 4 heterocycles. The Hall–Kier alpha value is -1.48. The molecule has 0 saturated carbocycles. The van der Waals surface area contributed by atoms with E-state index in [0.29, 0.717) is 31.9 Å². The van der Waals surface area contributed by atoms with Gasteiger partial charge in [-0.05, 0) is 34.1 Å². The fourth-order valence-corrected chi connectivity index (χ4v) is 4.08. The standard InChI is InChI=1S/C13H9BBr2F2N4/c1-20-7-6-8(19-20)13-9-2-4-11(15)21(9)14(17,18)22-10(13)3-5-12(22)16/h2-7H,1H3. The molecule has 2 aromatic heterocycles. The van der Waals surface area contributed by atoms with Crippen LogP contribution in [0.25, 0.3) is 5.57 Å². The van der Waals surface area contributed by atoms with Crippen molar-refractivity contribution in [1.82, 2.24) is 14.3 Å². The Kier molecular flexibility index (Phi) is 2.90. The first-order valence-corrected chi connectivity index (χ1v) is 8.13. The van der Waals surface area contributed by atoms with Crippen molar-refractivity contribution < 1.29 is 13.1 Å². The molecule has 2 aliphatic heterocycles. The zero-order chi connectivity index (χ0) is 15.6. The van der Waals surface area contributed by atoms with Gasteiger partial charge < -0.3 is 17.6 Å². The first-order chi connectivity index (χ1) is 10.4. The highest BCUT2D eigenvalue weighted by molar-refractivity contribution is 9.18. The normalized spacial score (nSPS) is 19.0. The molecule has 0 saturated heterocycles. The largest absolute Gasteiger partial charge is 0.738 e. The molecule has 22 heavy (non-hydrogen) atoms. The Morgan fingerprint density at radius 1 is 1.18 bits per heavy atom. The van der Waals surface area contributed by atoms with Gasteiger partial charge in [0.05, 0.1) is 10.2 Å². The third-order valence-electron chi connectivity index (χ3n) is 3.84. The van der Waals surface area contributed by atoms with Crippen molar-refractivity contribution in [3.05, 3.63) is 58.2 Å². The van der Waals surface area contributed by atoms with Gasteiger partial charge >= 0.3 is 6.97 Å². The quantitative estimate of drug-likeness (QED) is 0.638. The van der Waals surface area contributed by atoms with Crippen molar-refractivity contribution in [2.24, 2.45) is 7.05 Å². The lowest BCUT2D eigenvalue weighted by Gasteiger charge is -2.31. The molecule has 2 aromatic rings. The van der Waals surface area contributed by atoms with E-state index < -0.39 is 6.97 Å². The number of aromatic nitrogens is 3. The van der Waals surface area contributed by atoms with Crippen molar-refractivity contribution in [1.29, 1.82) is 0 Å². The van der Waals surface area contributed by atoms with Crippen LogP contribution in [0.3, 0.4) is 0 Å². The van der Waals surface area contributed by atoms with Gasteiger partial charge in [0.15, 0.2) is 5.70 Å². The first-order valence-electron chi connectivity index (χ1n) is 6.55. The molecule has 0 amide bonds. The predicted molar refractivity (Wildman–Crippen MR) is 88.1 cm³/mol. The lowest BCUT2D eigenvalue weighted by Crippen LogP contribution is -2.50. The van der Waals surface area contributed by atoms with Crippen LogP contribution in [0.4, 0.5) is 8.63 Å². The number of rotatable bonds is 1. The van der Waals surface area contributed by atoms with Gasteiger partial charge in [-0.2, -0.15) is 5.10 Å². The minimum absolute atomic E-state index is 0.340. The number of hydrogen-bond acceptors (Lipinski definition) is 1. The van der Waals surface area contributed by atoms with E-state index in [-0.39, 0.29) is 0 Å². The van der Waals surface area contributed by atoms with Crippen molar-refractivity contribution in [3.63, 3.8) is 0 Å². The molecule has 4 rings (SSSR count). The predicted octanol–water partition coefficient (Wildman–Crippen LogP) is 3.36. The Morgan fingerprint density at radius 2 is 1.95 bits per heavy atom. The van der Waals surface area contributed by atoms with E-state index in [4.69, 9.17) is 0 Å². The number of hydrogen-bond donors (Lipinski definition) is 0. The molecular weight excluding hydrogens is 421 g/mol. The molecule has 0 bridgehead atoms. The SMILES string of the molecule is Cn1ccc(C2=C3C=CC(Br)=[N+]3[B-](F)(F)n3c(Br)ccc32)n1. The maximum Gasteiger partial charge on any atom is 0.738 e. The third-order valence-corrected chi connectivity index (χ3v) is 5.13. The van der Waals surface area contributed by atoms with E-state index in [0.717, 1.165) is 8.96 Å². The fourth-order valence-electron chi connectivity index (χ4n) is 2.94. The summed E-state index contributed by atoms with van der Waals surface area (Å²) in [6, 6.07) is 5.14. The van der Waals surface area contributed by atoms with Crippen LogP contribution in [0.15, 0.2) is 46.8 Å². The van der Waals surface area contributed by atoms with Gasteiger partial charge in [0.1, 0.15) is 5.69 Å². The van der Waals surface area contributed by atoms with Crippen LogP contribution in [0.2, 0.25) is 0 Å². The molecule has 112 valence electrons. The highest BCUT2D eigenvalue weighted by Crippen LogP contribution is 2.41. The Bertz CT molecular complexity index is 907. The van der Waals surface area contributed by atoms with Crippen molar-refractivity contribution in [2.45, 2.75) is 0 Å². The van der Waals surface area contributed by atoms with Gasteiger partial charge in [-0.3, -0.25) is 4.68 Å². The number of nitrogens with zero attached hydrogens (tertiary/aromatic N) is 4. The molecule has 4 nitrogen and oxygen atoms in total. The molecule has 2 aliphatic rings. The van der Waals surface area contributed by atoms with Crippen LogP contribution in [-0.4, -0.2) is 30.3 Å². The zero-order valence-electron chi connectivity index (χ0n) is 11.3. The van der Waals surface area contributed by atoms with Gasteiger partial charge in [-0.15, -0.1) is 0 Å². The maximum absolute atomic E-state index is 15.0. The number of aryl methyl sites for hydroxylation is 1. The molecule has 0 aliphatic carbocycles. The number of fused-ring (bicyclic) bond motifs is 2. The Balaban J connectivity index is 2.12. The van der Waals surface area contributed by atoms with Gasteiger partial charge in [-0.25, -0.2) is 0 Å². The number of allylic oxidation sites excluding steroid dienone is 2. The Morgan fingerprint density at radius 3 is 2.64 bits per heavy atom. The second-order valence-electron chi connectivity index (χ2n) is 5.16. The van der Waals surface area contributed by atoms with Crippen molar-refractivity contribution in [2.75, 3.05) is 0 Å². The van der Waals surface area contributed by atoms with E-state index in [1.54, 1.807) is 42.2 Å². The summed E-state index contributed by atoms with van der Waals surface area (Å²) in [6.45, 7) is -3.97. The molecule has 9 heteroatoms. The topological polar surface area (TPSA) is 25.8 Å². The summed E-state index contributed by atoms with van der Waals surface area (Å²) in [5, 5.41) is 4.38. The summed E-state index contributed by atoms with van der Waals surface area (Å²) in [5.74, 6) is 0. The van der Waals surface area contributed by atoms with E-state index >= 15 is 0 Å². The van der Waals surface area contributed by atoms with Crippen LogP contribution in [-0.2, 0) is 7.05 Å². The molecule has 0 spiro atoms. The lowest BCUT2D eigenvalue weighted by molar-refractivity contribution is -0.358. The molecule has 0 unspecified atom stereocenters. The van der Waals surface area contributed by atoms with Crippen LogP contribution in [0.1, 0.15) is 11.4 Å². The summed E-state index contributed by atoms with van der Waals surface area (Å²) < 4.78 is 34.3. The smallest absolute Gasteiger partial charge is 0.389 e. The van der Waals surface area contributed by atoms with Crippen LogP contribution in [0.5, 0.6) is 0 Å². The maximum atomic E-state index is 15.0. The average molecular weight is 430 g/mol. The summed E-state index contributed by atoms with van der Waals surface area (Å²) in [6.07, 6.45) is 5.12. The molecule has 0 atom stereocenters. The van der Waals surface area contributed by atoms with Gasteiger partial charge in [-0.1, -0.05) is 0 Å². The monoisotopic (exact) mass is 428 g/mol. The minimum Gasteiger partial charge on any atom is -0.389 e. The highest BCUT2D eigenvalue weighted by atomic mass is 79.9. The van der Waals surface area contributed by atoms with Crippen LogP contribution in [0, 0.1) is 0 Å². The van der Waals surface area contributed by atoms with Crippen molar-refractivity contribution >= 4 is 49.0 Å². The molecule has 0 fully saturated rings. The summed E-state index contributed by atoms with van der Waals surface area (Å²) in [5.41, 5.74) is 2.25. The average Bonchev–Trinajstić information content (AvgIpc) is 3.12. The van der Waals surface area contributed by atoms with Crippen LogP contribution >= 0.6 is 31.9 Å². The van der Waals surface area contributed by atoms with E-state index in [2.05, 4.69) is 37.0 Å². The summed E-state index contributed by atoms with van der Waals surface area (Å²) in [7, 11) is 1.80. The van der Waals surface area contributed by atoms with Gasteiger partial charge in [0.2, 0.25) is 4.62 Å². The minimum atomic E-state index is -3.97. The Labute approximate surface area is 141 Å². The van der Waals surface area contributed by atoms with E-state index in [1.165, 1.54) is 0 Å². The fraction of sp³-hybridized carbons (Fsp3) is 0.0769. The molecular formula is C13H9BBr2F2N4. The van der Waals surface area contributed by atoms with E-state index in [1.807, 2.05) is 6.07 Å². The highest BCUT2D eigenvalue weighted by Gasteiger charge is 2.54. The number of halogens is 4. The summed E-state index contributed by atoms with van der Waals surface area (Å²) >= 11 is 6.46. The van der Waals surface area contributed by atoms with Crippen molar-refractivity contribution in [3.8, 4) is 0 Å². The molecule has 0 aromatic carbocycles. The first kappa shape index (κ1) is 14.1. The van der Waals surface area contributed by atoms with Gasteiger partial charge in [0, 0.05) is 47.0 Å². The molecule has 0 N–H and O–H groups in total. The zero-order valence-corrected chi connectivity index (χ0v) is 14.5. The van der Waals surface area contributed by atoms with Crippen LogP contribution < -0.4 is 0 Å². The lowest BCUT2D eigenvalue weighted by atomic mass is 9.88. The van der Waals surface area contributed by atoms with E-state index in [9.17, 15) is 8.63 Å². The third kappa shape index (κ3) is 1.72.